The lowest BCUT2D eigenvalue weighted by Gasteiger charge is -2.25. The second-order valence-corrected chi connectivity index (χ2v) is 5.68. The van der Waals surface area contributed by atoms with Crippen LogP contribution in [0.3, 0.4) is 0 Å². The van der Waals surface area contributed by atoms with Crippen LogP contribution in [-0.4, -0.2) is 24.7 Å². The molecule has 0 saturated heterocycles. The maximum Gasteiger partial charge on any atom is 0.219 e. The van der Waals surface area contributed by atoms with Crippen molar-refractivity contribution < 1.29 is 14.3 Å². The van der Waals surface area contributed by atoms with Gasteiger partial charge in [-0.05, 0) is 19.9 Å². The van der Waals surface area contributed by atoms with E-state index in [4.69, 9.17) is 15.2 Å². The first-order chi connectivity index (χ1) is 9.48. The molecule has 1 aromatic rings. The first-order valence-electron chi connectivity index (χ1n) is 6.89. The fourth-order valence-corrected chi connectivity index (χ4v) is 2.23. The molecule has 5 heteroatoms. The molecule has 0 saturated carbocycles. The van der Waals surface area contributed by atoms with E-state index in [1.165, 1.54) is 0 Å². The molecule has 110 valence electrons. The van der Waals surface area contributed by atoms with E-state index >= 15 is 0 Å². The molecule has 0 atom stereocenters. The lowest BCUT2D eigenvalue weighted by Crippen LogP contribution is -2.42. The summed E-state index contributed by atoms with van der Waals surface area (Å²) >= 11 is 0. The second kappa shape index (κ2) is 6.13. The van der Waals surface area contributed by atoms with Crippen LogP contribution in [0.5, 0.6) is 11.5 Å². The number of rotatable bonds is 5. The fourth-order valence-electron chi connectivity index (χ4n) is 2.23. The molecule has 0 bridgehead atoms. The van der Waals surface area contributed by atoms with Crippen molar-refractivity contribution in [2.45, 2.75) is 38.8 Å². The van der Waals surface area contributed by atoms with Crippen LogP contribution in [0.15, 0.2) is 18.2 Å². The van der Waals surface area contributed by atoms with Gasteiger partial charge in [0.2, 0.25) is 5.91 Å². The summed E-state index contributed by atoms with van der Waals surface area (Å²) in [7, 11) is 0. The zero-order valence-corrected chi connectivity index (χ0v) is 12.1. The summed E-state index contributed by atoms with van der Waals surface area (Å²) in [6.07, 6.45) is 1.17. The molecular weight excluding hydrogens is 256 g/mol. The molecule has 1 heterocycles. The minimum absolute atomic E-state index is 0.291. The van der Waals surface area contributed by atoms with Crippen molar-refractivity contribution in [1.82, 2.24) is 5.32 Å². The molecule has 3 N–H and O–H groups in total. The number of benzene rings is 1. The van der Waals surface area contributed by atoms with E-state index in [0.29, 0.717) is 26.2 Å². The number of hydrogen-bond donors (Lipinski definition) is 2. The van der Waals surface area contributed by atoms with Gasteiger partial charge in [0.25, 0.3) is 0 Å². The van der Waals surface area contributed by atoms with Crippen LogP contribution in [0.2, 0.25) is 0 Å². The van der Waals surface area contributed by atoms with Crippen LogP contribution in [0.25, 0.3) is 0 Å². The summed E-state index contributed by atoms with van der Waals surface area (Å²) in [5.74, 6) is 1.27. The fraction of sp³-hybridized carbons (Fsp3) is 0.533. The van der Waals surface area contributed by atoms with Crippen LogP contribution >= 0.6 is 0 Å². The molecule has 2 rings (SSSR count). The van der Waals surface area contributed by atoms with Crippen LogP contribution in [0.1, 0.15) is 32.3 Å². The van der Waals surface area contributed by atoms with Crippen LogP contribution < -0.4 is 20.5 Å². The normalized spacial score (nSPS) is 14.7. The Morgan fingerprint density at radius 2 is 2.10 bits per heavy atom. The van der Waals surface area contributed by atoms with E-state index in [9.17, 15) is 4.79 Å². The van der Waals surface area contributed by atoms with Gasteiger partial charge in [-0.1, -0.05) is 12.1 Å². The molecule has 20 heavy (non-hydrogen) atoms. The Hall–Kier alpha value is -1.75. The number of hydrogen-bond acceptors (Lipinski definition) is 4. The zero-order chi connectivity index (χ0) is 14.6. The number of amides is 1. The van der Waals surface area contributed by atoms with Crippen LogP contribution in [0.4, 0.5) is 0 Å². The molecule has 0 radical (unpaired) electrons. The summed E-state index contributed by atoms with van der Waals surface area (Å²) in [4.78, 5) is 11.0. The van der Waals surface area contributed by atoms with E-state index in [1.807, 2.05) is 32.0 Å². The number of carbonyl (C=O) groups excluding carboxylic acids is 1. The van der Waals surface area contributed by atoms with E-state index in [0.717, 1.165) is 23.5 Å². The van der Waals surface area contributed by atoms with E-state index < -0.39 is 0 Å². The van der Waals surface area contributed by atoms with Gasteiger partial charge in [-0.2, -0.15) is 0 Å². The average Bonchev–Trinajstić information content (AvgIpc) is 2.60. The van der Waals surface area contributed by atoms with Gasteiger partial charge in [-0.25, -0.2) is 0 Å². The summed E-state index contributed by atoms with van der Waals surface area (Å²) in [6.45, 7) is 5.85. The quantitative estimate of drug-likeness (QED) is 0.858. The van der Waals surface area contributed by atoms with Crippen LogP contribution in [-0.2, 0) is 11.3 Å². The Morgan fingerprint density at radius 1 is 1.35 bits per heavy atom. The predicted octanol–water partition coefficient (Wildman–Crippen LogP) is 1.59. The molecule has 5 nitrogen and oxygen atoms in total. The summed E-state index contributed by atoms with van der Waals surface area (Å²) < 4.78 is 11.4. The number of fused-ring (bicyclic) bond motifs is 1. The Morgan fingerprint density at radius 3 is 2.85 bits per heavy atom. The topological polar surface area (TPSA) is 73.6 Å². The average molecular weight is 278 g/mol. The minimum atomic E-state index is -0.347. The Bertz CT molecular complexity index is 486. The van der Waals surface area contributed by atoms with Crippen molar-refractivity contribution in [2.75, 3.05) is 13.2 Å². The lowest BCUT2D eigenvalue weighted by molar-refractivity contribution is -0.119. The molecule has 0 aromatic heterocycles. The smallest absolute Gasteiger partial charge is 0.219 e. The van der Waals surface area contributed by atoms with Crippen molar-refractivity contribution >= 4 is 5.91 Å². The highest BCUT2D eigenvalue weighted by molar-refractivity contribution is 5.75. The predicted molar refractivity (Wildman–Crippen MR) is 76.8 cm³/mol. The minimum Gasteiger partial charge on any atom is -0.490 e. The van der Waals surface area contributed by atoms with Crippen molar-refractivity contribution in [2.24, 2.45) is 5.73 Å². The third kappa shape index (κ3) is 3.87. The molecule has 0 fully saturated rings. The zero-order valence-electron chi connectivity index (χ0n) is 12.1. The maximum atomic E-state index is 11.0. The number of carbonyl (C=O) groups is 1. The monoisotopic (exact) mass is 278 g/mol. The van der Waals surface area contributed by atoms with Gasteiger partial charge >= 0.3 is 0 Å². The number of nitrogens with one attached hydrogen (secondary N) is 1. The van der Waals surface area contributed by atoms with Crippen molar-refractivity contribution in [3.8, 4) is 11.5 Å². The molecule has 1 aromatic carbocycles. The van der Waals surface area contributed by atoms with Gasteiger partial charge in [-0.15, -0.1) is 0 Å². The van der Waals surface area contributed by atoms with Gasteiger partial charge in [0.1, 0.15) is 0 Å². The maximum absolute atomic E-state index is 11.0. The third-order valence-electron chi connectivity index (χ3n) is 3.23. The van der Waals surface area contributed by atoms with Crippen molar-refractivity contribution in [1.29, 1.82) is 0 Å². The second-order valence-electron chi connectivity index (χ2n) is 5.68. The Kier molecular flexibility index (Phi) is 4.49. The first kappa shape index (κ1) is 14.7. The highest BCUT2D eigenvalue weighted by Crippen LogP contribution is 2.33. The highest BCUT2D eigenvalue weighted by atomic mass is 16.5. The summed E-state index contributed by atoms with van der Waals surface area (Å²) in [6, 6.07) is 5.87. The third-order valence-corrected chi connectivity index (χ3v) is 3.23. The molecule has 1 amide bonds. The number of ether oxygens (including phenoxy) is 2. The Labute approximate surface area is 119 Å². The molecular formula is C15H22N2O3. The summed E-state index contributed by atoms with van der Waals surface area (Å²) in [5, 5.41) is 3.34. The number of para-hydroxylation sites is 1. The van der Waals surface area contributed by atoms with Crippen molar-refractivity contribution in [3.05, 3.63) is 23.8 Å². The molecule has 0 aliphatic carbocycles. The van der Waals surface area contributed by atoms with E-state index in [-0.39, 0.29) is 11.4 Å². The van der Waals surface area contributed by atoms with Gasteiger partial charge in [0.15, 0.2) is 11.5 Å². The van der Waals surface area contributed by atoms with Gasteiger partial charge in [-0.3, -0.25) is 4.79 Å². The van der Waals surface area contributed by atoms with Crippen molar-refractivity contribution in [3.63, 3.8) is 0 Å². The summed E-state index contributed by atoms with van der Waals surface area (Å²) in [5.41, 5.74) is 5.94. The van der Waals surface area contributed by atoms with Crippen LogP contribution in [0, 0.1) is 0 Å². The Balaban J connectivity index is 2.08. The SMILES string of the molecule is CC(C)(CC(N)=O)NCc1cccc2c1OCCCO2. The van der Waals surface area contributed by atoms with E-state index in [1.54, 1.807) is 0 Å². The van der Waals surface area contributed by atoms with Gasteiger partial charge in [0, 0.05) is 30.5 Å². The van der Waals surface area contributed by atoms with E-state index in [2.05, 4.69) is 5.32 Å². The highest BCUT2D eigenvalue weighted by Gasteiger charge is 2.21. The van der Waals surface area contributed by atoms with Gasteiger partial charge < -0.3 is 20.5 Å². The van der Waals surface area contributed by atoms with Gasteiger partial charge in [0.05, 0.1) is 13.2 Å². The molecule has 1 aliphatic rings. The molecule has 0 spiro atoms. The first-order valence-corrected chi connectivity index (χ1v) is 6.89. The standard InChI is InChI=1S/C15H22N2O3/c1-15(2,9-13(16)18)17-10-11-5-3-6-12-14(11)20-8-4-7-19-12/h3,5-6,17H,4,7-10H2,1-2H3,(H2,16,18). The largest absolute Gasteiger partial charge is 0.490 e. The molecule has 0 unspecified atom stereocenters. The number of primary amides is 1. The number of nitrogens with two attached hydrogens (primary N) is 1. The lowest BCUT2D eigenvalue weighted by atomic mass is 9.99. The molecule has 1 aliphatic heterocycles.